The minimum absolute atomic E-state index is 0.572. The van der Waals surface area contributed by atoms with E-state index in [1.807, 2.05) is 14.1 Å². The van der Waals surface area contributed by atoms with Crippen LogP contribution in [0.25, 0.3) is 0 Å². The van der Waals surface area contributed by atoms with Gasteiger partial charge >= 0.3 is 0 Å². The summed E-state index contributed by atoms with van der Waals surface area (Å²) < 4.78 is 5.34. The number of methoxy groups -OCH3 is 1. The average molecular weight is 224 g/mol. The van der Waals surface area contributed by atoms with E-state index in [1.54, 1.807) is 13.4 Å². The summed E-state index contributed by atoms with van der Waals surface area (Å²) in [5.74, 6) is 2.79. The van der Waals surface area contributed by atoms with Crippen LogP contribution in [0, 0.1) is 5.92 Å². The van der Waals surface area contributed by atoms with Gasteiger partial charge in [0.1, 0.15) is 6.33 Å². The summed E-state index contributed by atoms with van der Waals surface area (Å²) in [6.45, 7) is 5.27. The standard InChI is InChI=1S/C11H20N4O/c1-8(2)6-15(4)11-9(16-5)10(12-3)13-7-14-11/h7-8H,6H2,1-5H3,(H,12,13,14). The third kappa shape index (κ3) is 2.74. The predicted octanol–water partition coefficient (Wildman–Crippen LogP) is 1.62. The molecule has 0 aromatic carbocycles. The summed E-state index contributed by atoms with van der Waals surface area (Å²) >= 11 is 0. The van der Waals surface area contributed by atoms with Crippen LogP contribution >= 0.6 is 0 Å². The van der Waals surface area contributed by atoms with Crippen molar-refractivity contribution in [1.82, 2.24) is 9.97 Å². The second-order valence-electron chi connectivity index (χ2n) is 4.10. The van der Waals surface area contributed by atoms with E-state index in [0.717, 1.165) is 12.4 Å². The molecular weight excluding hydrogens is 204 g/mol. The van der Waals surface area contributed by atoms with Crippen molar-refractivity contribution in [2.75, 3.05) is 38.0 Å². The monoisotopic (exact) mass is 224 g/mol. The van der Waals surface area contributed by atoms with Gasteiger partial charge in [-0.3, -0.25) is 0 Å². The van der Waals surface area contributed by atoms with Crippen molar-refractivity contribution >= 4 is 11.6 Å². The smallest absolute Gasteiger partial charge is 0.204 e. The van der Waals surface area contributed by atoms with Crippen LogP contribution in [0.5, 0.6) is 5.75 Å². The lowest BCUT2D eigenvalue weighted by Gasteiger charge is -2.22. The Bertz CT molecular complexity index is 341. The molecule has 1 N–H and O–H groups in total. The molecule has 5 nitrogen and oxygen atoms in total. The number of nitrogens with zero attached hydrogens (tertiary/aromatic N) is 3. The minimum atomic E-state index is 0.572. The zero-order valence-electron chi connectivity index (χ0n) is 10.6. The molecule has 16 heavy (non-hydrogen) atoms. The number of nitrogens with one attached hydrogen (secondary N) is 1. The summed E-state index contributed by atoms with van der Waals surface area (Å²) in [4.78, 5) is 10.5. The molecule has 1 aromatic heterocycles. The molecule has 0 aliphatic heterocycles. The molecule has 1 rings (SSSR count). The molecule has 5 heteroatoms. The molecule has 0 atom stereocenters. The highest BCUT2D eigenvalue weighted by Gasteiger charge is 2.15. The first-order chi connectivity index (χ1) is 7.60. The maximum Gasteiger partial charge on any atom is 0.204 e. The fourth-order valence-electron chi connectivity index (χ4n) is 1.64. The van der Waals surface area contributed by atoms with Crippen LogP contribution in [0.3, 0.4) is 0 Å². The van der Waals surface area contributed by atoms with Crippen LogP contribution in [0.2, 0.25) is 0 Å². The first kappa shape index (κ1) is 12.5. The van der Waals surface area contributed by atoms with Crippen LogP contribution in [-0.4, -0.2) is 37.7 Å². The Morgan fingerprint density at radius 1 is 1.44 bits per heavy atom. The van der Waals surface area contributed by atoms with E-state index in [9.17, 15) is 0 Å². The van der Waals surface area contributed by atoms with E-state index in [2.05, 4.69) is 34.0 Å². The molecule has 90 valence electrons. The Hall–Kier alpha value is -1.52. The summed E-state index contributed by atoms with van der Waals surface area (Å²) in [7, 11) is 5.45. The second kappa shape index (κ2) is 5.53. The van der Waals surface area contributed by atoms with Crippen molar-refractivity contribution in [3.05, 3.63) is 6.33 Å². The molecular formula is C11H20N4O. The number of ether oxygens (including phenoxy) is 1. The molecule has 0 fully saturated rings. The zero-order chi connectivity index (χ0) is 12.1. The van der Waals surface area contributed by atoms with E-state index in [0.29, 0.717) is 17.5 Å². The van der Waals surface area contributed by atoms with E-state index in [4.69, 9.17) is 4.74 Å². The SMILES string of the molecule is CNc1ncnc(N(C)CC(C)C)c1OC. The molecule has 0 saturated carbocycles. The topological polar surface area (TPSA) is 50.3 Å². The summed E-state index contributed by atoms with van der Waals surface area (Å²) in [6, 6.07) is 0. The highest BCUT2D eigenvalue weighted by Crippen LogP contribution is 2.30. The van der Waals surface area contributed by atoms with E-state index in [1.165, 1.54) is 0 Å². The highest BCUT2D eigenvalue weighted by atomic mass is 16.5. The predicted molar refractivity (Wildman–Crippen MR) is 66.2 cm³/mol. The fraction of sp³-hybridized carbons (Fsp3) is 0.636. The van der Waals surface area contributed by atoms with Crippen LogP contribution in [-0.2, 0) is 0 Å². The first-order valence-corrected chi connectivity index (χ1v) is 5.38. The highest BCUT2D eigenvalue weighted by molar-refractivity contribution is 5.64. The molecule has 0 bridgehead atoms. The van der Waals surface area contributed by atoms with Crippen molar-refractivity contribution in [2.24, 2.45) is 5.92 Å². The van der Waals surface area contributed by atoms with Gasteiger partial charge in [-0.25, -0.2) is 9.97 Å². The molecule has 0 spiro atoms. The largest absolute Gasteiger partial charge is 0.490 e. The Balaban J connectivity index is 3.02. The van der Waals surface area contributed by atoms with Gasteiger partial charge in [0, 0.05) is 20.6 Å². The van der Waals surface area contributed by atoms with Gasteiger partial charge in [-0.1, -0.05) is 13.8 Å². The van der Waals surface area contributed by atoms with Crippen LogP contribution < -0.4 is 15.0 Å². The Kier molecular flexibility index (Phi) is 4.34. The number of hydrogen-bond donors (Lipinski definition) is 1. The molecule has 0 saturated heterocycles. The van der Waals surface area contributed by atoms with Crippen molar-refractivity contribution in [1.29, 1.82) is 0 Å². The summed E-state index contributed by atoms with van der Waals surface area (Å²) in [6.07, 6.45) is 1.54. The number of aromatic nitrogens is 2. The van der Waals surface area contributed by atoms with E-state index >= 15 is 0 Å². The lowest BCUT2D eigenvalue weighted by molar-refractivity contribution is 0.412. The van der Waals surface area contributed by atoms with Gasteiger partial charge in [0.2, 0.25) is 5.75 Å². The van der Waals surface area contributed by atoms with Crippen LogP contribution in [0.15, 0.2) is 6.33 Å². The molecule has 0 aliphatic carbocycles. The third-order valence-electron chi connectivity index (χ3n) is 2.23. The first-order valence-electron chi connectivity index (χ1n) is 5.38. The van der Waals surface area contributed by atoms with Gasteiger partial charge in [0.25, 0.3) is 0 Å². The van der Waals surface area contributed by atoms with Crippen molar-refractivity contribution in [3.63, 3.8) is 0 Å². The van der Waals surface area contributed by atoms with E-state index < -0.39 is 0 Å². The molecule has 1 heterocycles. The summed E-state index contributed by atoms with van der Waals surface area (Å²) in [5.41, 5.74) is 0. The van der Waals surface area contributed by atoms with E-state index in [-0.39, 0.29) is 0 Å². The number of anilines is 2. The van der Waals surface area contributed by atoms with Crippen molar-refractivity contribution in [2.45, 2.75) is 13.8 Å². The quantitative estimate of drug-likeness (QED) is 0.823. The Morgan fingerprint density at radius 3 is 2.62 bits per heavy atom. The molecule has 0 aliphatic rings. The van der Waals surface area contributed by atoms with Crippen molar-refractivity contribution in [3.8, 4) is 5.75 Å². The fourth-order valence-corrected chi connectivity index (χ4v) is 1.64. The number of rotatable bonds is 5. The molecule has 0 radical (unpaired) electrons. The lowest BCUT2D eigenvalue weighted by Crippen LogP contribution is -2.24. The maximum atomic E-state index is 5.34. The van der Waals surface area contributed by atoms with Gasteiger partial charge in [-0.2, -0.15) is 0 Å². The number of hydrogen-bond acceptors (Lipinski definition) is 5. The molecule has 0 unspecified atom stereocenters. The van der Waals surface area contributed by atoms with Crippen LogP contribution in [0.4, 0.5) is 11.6 Å². The van der Waals surface area contributed by atoms with Gasteiger partial charge in [-0.15, -0.1) is 0 Å². The van der Waals surface area contributed by atoms with Crippen molar-refractivity contribution < 1.29 is 4.74 Å². The van der Waals surface area contributed by atoms with Gasteiger partial charge in [0.15, 0.2) is 11.6 Å². The normalized spacial score (nSPS) is 10.4. The molecule has 0 amide bonds. The Morgan fingerprint density at radius 2 is 2.12 bits per heavy atom. The summed E-state index contributed by atoms with van der Waals surface area (Å²) in [5, 5.41) is 2.99. The Labute approximate surface area is 96.8 Å². The maximum absolute atomic E-state index is 5.34. The second-order valence-corrected chi connectivity index (χ2v) is 4.10. The zero-order valence-corrected chi connectivity index (χ0v) is 10.6. The molecule has 1 aromatic rings. The van der Waals surface area contributed by atoms with Gasteiger partial charge in [-0.05, 0) is 5.92 Å². The van der Waals surface area contributed by atoms with Gasteiger partial charge < -0.3 is 15.0 Å². The lowest BCUT2D eigenvalue weighted by atomic mass is 10.2. The minimum Gasteiger partial charge on any atom is -0.490 e. The van der Waals surface area contributed by atoms with Crippen LogP contribution in [0.1, 0.15) is 13.8 Å². The van der Waals surface area contributed by atoms with Gasteiger partial charge in [0.05, 0.1) is 7.11 Å². The average Bonchev–Trinajstić information content (AvgIpc) is 2.26. The third-order valence-corrected chi connectivity index (χ3v) is 2.23.